The normalized spacial score (nSPS) is 10.5. The van der Waals surface area contributed by atoms with E-state index in [9.17, 15) is 0 Å². The standard InChI is InChI=1S/C15H16N6/c1-2-17-12-9-13(21-15(16)20-12)19-11-7-3-5-10-6-4-8-18-14(10)11/h3-9H,2H2,1H3,(H4,16,17,19,20,21). The van der Waals surface area contributed by atoms with Crippen LogP contribution in [0.2, 0.25) is 0 Å². The van der Waals surface area contributed by atoms with Gasteiger partial charge in [-0.1, -0.05) is 18.2 Å². The molecule has 106 valence electrons. The summed E-state index contributed by atoms with van der Waals surface area (Å²) in [7, 11) is 0. The smallest absolute Gasteiger partial charge is 0.223 e. The van der Waals surface area contributed by atoms with E-state index in [-0.39, 0.29) is 5.95 Å². The molecule has 6 heteroatoms. The van der Waals surface area contributed by atoms with E-state index < -0.39 is 0 Å². The van der Waals surface area contributed by atoms with Crippen molar-refractivity contribution in [3.63, 3.8) is 0 Å². The molecule has 0 aliphatic carbocycles. The van der Waals surface area contributed by atoms with E-state index in [1.165, 1.54) is 0 Å². The predicted octanol–water partition coefficient (Wildman–Crippen LogP) is 2.78. The molecule has 3 rings (SSSR count). The van der Waals surface area contributed by atoms with Crippen molar-refractivity contribution in [3.8, 4) is 0 Å². The number of nitrogen functional groups attached to an aromatic ring is 1. The van der Waals surface area contributed by atoms with E-state index in [0.29, 0.717) is 11.6 Å². The van der Waals surface area contributed by atoms with Gasteiger partial charge in [0.2, 0.25) is 5.95 Å². The Hall–Kier alpha value is -2.89. The molecule has 21 heavy (non-hydrogen) atoms. The van der Waals surface area contributed by atoms with Gasteiger partial charge in [-0.2, -0.15) is 9.97 Å². The van der Waals surface area contributed by atoms with Crippen molar-refractivity contribution in [3.05, 3.63) is 42.6 Å². The second-order valence-electron chi connectivity index (χ2n) is 4.53. The van der Waals surface area contributed by atoms with E-state index in [2.05, 4.69) is 25.6 Å². The van der Waals surface area contributed by atoms with Crippen LogP contribution < -0.4 is 16.4 Å². The molecule has 0 bridgehead atoms. The number of anilines is 4. The van der Waals surface area contributed by atoms with Crippen LogP contribution in [0.5, 0.6) is 0 Å². The Morgan fingerprint density at radius 3 is 2.76 bits per heavy atom. The Morgan fingerprint density at radius 1 is 1.10 bits per heavy atom. The van der Waals surface area contributed by atoms with Crippen LogP contribution in [0.15, 0.2) is 42.6 Å². The Bertz CT molecular complexity index is 766. The first-order valence-corrected chi connectivity index (χ1v) is 6.75. The molecular formula is C15H16N6. The average Bonchev–Trinajstić information content (AvgIpc) is 2.47. The lowest BCUT2D eigenvalue weighted by Gasteiger charge is -2.10. The molecule has 0 spiro atoms. The van der Waals surface area contributed by atoms with Gasteiger partial charge in [0.05, 0.1) is 11.2 Å². The molecule has 0 unspecified atom stereocenters. The number of nitrogens with zero attached hydrogens (tertiary/aromatic N) is 3. The van der Waals surface area contributed by atoms with Crippen molar-refractivity contribution in [1.82, 2.24) is 15.0 Å². The minimum atomic E-state index is 0.226. The van der Waals surface area contributed by atoms with Gasteiger partial charge in [-0.15, -0.1) is 0 Å². The van der Waals surface area contributed by atoms with Crippen LogP contribution in [-0.4, -0.2) is 21.5 Å². The van der Waals surface area contributed by atoms with Crippen LogP contribution in [0.4, 0.5) is 23.3 Å². The highest BCUT2D eigenvalue weighted by Crippen LogP contribution is 2.24. The zero-order valence-electron chi connectivity index (χ0n) is 11.7. The molecule has 0 radical (unpaired) electrons. The molecule has 0 aliphatic heterocycles. The predicted molar refractivity (Wildman–Crippen MR) is 85.6 cm³/mol. The van der Waals surface area contributed by atoms with Crippen molar-refractivity contribution in [2.24, 2.45) is 0 Å². The van der Waals surface area contributed by atoms with Crippen molar-refractivity contribution in [1.29, 1.82) is 0 Å². The van der Waals surface area contributed by atoms with Crippen molar-refractivity contribution < 1.29 is 0 Å². The average molecular weight is 280 g/mol. The summed E-state index contributed by atoms with van der Waals surface area (Å²) in [6, 6.07) is 11.7. The number of aromatic nitrogens is 3. The van der Waals surface area contributed by atoms with Gasteiger partial charge < -0.3 is 16.4 Å². The summed E-state index contributed by atoms with van der Waals surface area (Å²) in [6.07, 6.45) is 1.77. The molecular weight excluding hydrogens is 264 g/mol. The summed E-state index contributed by atoms with van der Waals surface area (Å²) >= 11 is 0. The van der Waals surface area contributed by atoms with Gasteiger partial charge in [-0.05, 0) is 19.1 Å². The maximum Gasteiger partial charge on any atom is 0.223 e. The van der Waals surface area contributed by atoms with Gasteiger partial charge in [0, 0.05) is 24.2 Å². The third-order valence-electron chi connectivity index (χ3n) is 3.00. The monoisotopic (exact) mass is 280 g/mol. The second-order valence-corrected chi connectivity index (χ2v) is 4.53. The molecule has 0 atom stereocenters. The van der Waals surface area contributed by atoms with Gasteiger partial charge in [0.15, 0.2) is 0 Å². The highest BCUT2D eigenvalue weighted by atomic mass is 15.1. The fourth-order valence-corrected chi connectivity index (χ4v) is 2.14. The topological polar surface area (TPSA) is 88.8 Å². The van der Waals surface area contributed by atoms with Crippen molar-refractivity contribution in [2.45, 2.75) is 6.92 Å². The second kappa shape index (κ2) is 5.62. The van der Waals surface area contributed by atoms with Crippen molar-refractivity contribution >= 4 is 34.2 Å². The number of fused-ring (bicyclic) bond motifs is 1. The number of benzene rings is 1. The van der Waals surface area contributed by atoms with Crippen LogP contribution in [0.3, 0.4) is 0 Å². The molecule has 0 amide bonds. The zero-order valence-corrected chi connectivity index (χ0v) is 11.7. The highest BCUT2D eigenvalue weighted by Gasteiger charge is 2.05. The highest BCUT2D eigenvalue weighted by molar-refractivity contribution is 5.91. The maximum absolute atomic E-state index is 5.74. The number of nitrogens with two attached hydrogens (primary N) is 1. The first kappa shape index (κ1) is 13.1. The van der Waals surface area contributed by atoms with Gasteiger partial charge >= 0.3 is 0 Å². The molecule has 0 aliphatic rings. The van der Waals surface area contributed by atoms with Gasteiger partial charge in [0.25, 0.3) is 0 Å². The van der Waals surface area contributed by atoms with Crippen LogP contribution in [-0.2, 0) is 0 Å². The third-order valence-corrected chi connectivity index (χ3v) is 3.00. The lowest BCUT2D eigenvalue weighted by molar-refractivity contribution is 1.12. The summed E-state index contributed by atoms with van der Waals surface area (Å²) in [6.45, 7) is 2.77. The number of rotatable bonds is 4. The lowest BCUT2D eigenvalue weighted by atomic mass is 10.2. The van der Waals surface area contributed by atoms with Crippen LogP contribution in [0.25, 0.3) is 10.9 Å². The summed E-state index contributed by atoms with van der Waals surface area (Å²) in [5.41, 5.74) is 7.51. The SMILES string of the molecule is CCNc1cc(Nc2cccc3cccnc23)nc(N)n1. The van der Waals surface area contributed by atoms with Crippen LogP contribution in [0, 0.1) is 0 Å². The van der Waals surface area contributed by atoms with E-state index in [4.69, 9.17) is 5.73 Å². The van der Waals surface area contributed by atoms with Gasteiger partial charge in [0.1, 0.15) is 11.6 Å². The Morgan fingerprint density at radius 2 is 1.90 bits per heavy atom. The molecule has 1 aromatic carbocycles. The Balaban J connectivity index is 1.98. The molecule has 0 fully saturated rings. The summed E-state index contributed by atoms with van der Waals surface area (Å²) in [5.74, 6) is 1.56. The van der Waals surface area contributed by atoms with Gasteiger partial charge in [-0.3, -0.25) is 4.98 Å². The maximum atomic E-state index is 5.74. The molecule has 4 N–H and O–H groups in total. The Labute approximate surface area is 122 Å². The minimum absolute atomic E-state index is 0.226. The summed E-state index contributed by atoms with van der Waals surface area (Å²) in [5, 5.41) is 7.44. The number of hydrogen-bond donors (Lipinski definition) is 3. The lowest BCUT2D eigenvalue weighted by Crippen LogP contribution is -2.05. The van der Waals surface area contributed by atoms with E-state index in [1.807, 2.05) is 43.3 Å². The van der Waals surface area contributed by atoms with E-state index >= 15 is 0 Å². The van der Waals surface area contributed by atoms with Crippen molar-refractivity contribution in [2.75, 3.05) is 22.9 Å². The third kappa shape index (κ3) is 2.84. The largest absolute Gasteiger partial charge is 0.370 e. The first-order chi connectivity index (χ1) is 10.3. The summed E-state index contributed by atoms with van der Waals surface area (Å²) in [4.78, 5) is 12.7. The minimum Gasteiger partial charge on any atom is -0.370 e. The number of nitrogens with one attached hydrogen (secondary N) is 2. The number of pyridine rings is 1. The molecule has 0 saturated heterocycles. The van der Waals surface area contributed by atoms with E-state index in [0.717, 1.165) is 23.1 Å². The number of hydrogen-bond acceptors (Lipinski definition) is 6. The fourth-order valence-electron chi connectivity index (χ4n) is 2.14. The fraction of sp³-hybridized carbons (Fsp3) is 0.133. The van der Waals surface area contributed by atoms with E-state index in [1.54, 1.807) is 6.20 Å². The summed E-state index contributed by atoms with van der Waals surface area (Å²) < 4.78 is 0. The molecule has 3 aromatic rings. The molecule has 2 heterocycles. The molecule has 0 saturated carbocycles. The molecule has 2 aromatic heterocycles. The van der Waals surface area contributed by atoms with Gasteiger partial charge in [-0.25, -0.2) is 0 Å². The molecule has 6 nitrogen and oxygen atoms in total. The Kier molecular flexibility index (Phi) is 3.51. The zero-order chi connectivity index (χ0) is 14.7. The van der Waals surface area contributed by atoms with Crippen LogP contribution in [0.1, 0.15) is 6.92 Å². The number of para-hydroxylation sites is 1. The first-order valence-electron chi connectivity index (χ1n) is 6.75. The van der Waals surface area contributed by atoms with Crippen LogP contribution >= 0.6 is 0 Å². The quantitative estimate of drug-likeness (QED) is 0.681.